The summed E-state index contributed by atoms with van der Waals surface area (Å²) in [6.45, 7) is 1.93. The lowest BCUT2D eigenvalue weighted by Crippen LogP contribution is -2.35. The first-order valence-electron chi connectivity index (χ1n) is 11.2. The van der Waals surface area contributed by atoms with Crippen LogP contribution in [0.25, 0.3) is 10.9 Å². The summed E-state index contributed by atoms with van der Waals surface area (Å²) in [6, 6.07) is 5.44. The van der Waals surface area contributed by atoms with Crippen molar-refractivity contribution < 1.29 is 27.1 Å². The van der Waals surface area contributed by atoms with Crippen LogP contribution in [0.15, 0.2) is 48.9 Å². The van der Waals surface area contributed by atoms with E-state index >= 15 is 4.39 Å². The molecule has 4 heterocycles. The molecule has 0 saturated carbocycles. The summed E-state index contributed by atoms with van der Waals surface area (Å²) >= 11 is 0. The summed E-state index contributed by atoms with van der Waals surface area (Å²) < 4.78 is 59.7. The Balaban J connectivity index is 1.56. The van der Waals surface area contributed by atoms with E-state index in [2.05, 4.69) is 19.9 Å². The van der Waals surface area contributed by atoms with Gasteiger partial charge in [-0.05, 0) is 36.8 Å². The average molecular weight is 512 g/mol. The van der Waals surface area contributed by atoms with E-state index in [0.717, 1.165) is 17.7 Å². The number of hydrogen-bond donors (Lipinski definition) is 1. The van der Waals surface area contributed by atoms with E-state index in [-0.39, 0.29) is 48.2 Å². The van der Waals surface area contributed by atoms with Gasteiger partial charge in [-0.25, -0.2) is 19.3 Å². The van der Waals surface area contributed by atoms with Gasteiger partial charge in [-0.3, -0.25) is 9.78 Å². The van der Waals surface area contributed by atoms with Crippen molar-refractivity contribution in [3.8, 4) is 0 Å². The van der Waals surface area contributed by atoms with Crippen LogP contribution in [0.3, 0.4) is 0 Å². The Morgan fingerprint density at radius 3 is 2.54 bits per heavy atom. The van der Waals surface area contributed by atoms with Crippen molar-refractivity contribution in [2.24, 2.45) is 0 Å². The van der Waals surface area contributed by atoms with Crippen molar-refractivity contribution >= 4 is 22.6 Å². The Hall–Kier alpha value is -4.19. The molecule has 5 rings (SSSR count). The minimum Gasteiger partial charge on any atom is -0.383 e. The molecule has 0 aliphatic carbocycles. The Bertz CT molecular complexity index is 1480. The Labute approximate surface area is 208 Å². The molecule has 4 aromatic rings. The third-order valence-electron chi connectivity index (χ3n) is 6.22. The minimum atomic E-state index is -4.55. The number of nitrogens with two attached hydrogens (primary N) is 1. The lowest BCUT2D eigenvalue weighted by molar-refractivity contribution is -0.137. The van der Waals surface area contributed by atoms with Crippen molar-refractivity contribution in [1.82, 2.24) is 24.8 Å². The van der Waals surface area contributed by atoms with E-state index in [9.17, 15) is 18.0 Å². The van der Waals surface area contributed by atoms with Crippen LogP contribution in [0.5, 0.6) is 0 Å². The number of carbonyl (C=O) groups is 1. The number of rotatable bonds is 5. The highest BCUT2D eigenvalue weighted by Gasteiger charge is 2.32. The van der Waals surface area contributed by atoms with Gasteiger partial charge in [0.25, 0.3) is 5.91 Å². The summed E-state index contributed by atoms with van der Waals surface area (Å²) in [4.78, 5) is 31.5. The van der Waals surface area contributed by atoms with Gasteiger partial charge < -0.3 is 15.4 Å². The maximum Gasteiger partial charge on any atom is 0.417 e. The van der Waals surface area contributed by atoms with Crippen LogP contribution in [-0.4, -0.2) is 30.7 Å². The zero-order chi connectivity index (χ0) is 26.3. The van der Waals surface area contributed by atoms with Crippen LogP contribution in [0.2, 0.25) is 0 Å². The van der Waals surface area contributed by atoms with E-state index < -0.39 is 29.5 Å². The summed E-state index contributed by atoms with van der Waals surface area (Å²) in [5.74, 6) is -1.03. The van der Waals surface area contributed by atoms with Gasteiger partial charge in [0.1, 0.15) is 17.5 Å². The number of alkyl halides is 3. The SMILES string of the molecule is C[C@H](c1ncccn1)N(Cc1ccc(C(F)(F)F)cn1)C(=O)c1cc2c3c(c(N)nc2cc1F)COC3. The molecular formula is C25H20F4N6O2. The maximum absolute atomic E-state index is 15.3. The molecule has 0 fully saturated rings. The van der Waals surface area contributed by atoms with E-state index in [1.165, 1.54) is 29.4 Å². The molecule has 8 nitrogen and oxygen atoms in total. The number of hydrogen-bond acceptors (Lipinski definition) is 7. The predicted molar refractivity (Wildman–Crippen MR) is 124 cm³/mol. The topological polar surface area (TPSA) is 107 Å². The van der Waals surface area contributed by atoms with Crippen molar-refractivity contribution in [3.05, 3.63) is 88.5 Å². The first-order chi connectivity index (χ1) is 17.6. The van der Waals surface area contributed by atoms with Crippen molar-refractivity contribution in [3.63, 3.8) is 0 Å². The van der Waals surface area contributed by atoms with Gasteiger partial charge in [-0.15, -0.1) is 0 Å². The number of anilines is 1. The number of nitrogen functional groups attached to an aromatic ring is 1. The second-order valence-corrected chi connectivity index (χ2v) is 8.55. The van der Waals surface area contributed by atoms with E-state index in [1.54, 1.807) is 13.0 Å². The lowest BCUT2D eigenvalue weighted by Gasteiger charge is -2.28. The quantitative estimate of drug-likeness (QED) is 0.390. The van der Waals surface area contributed by atoms with Crippen LogP contribution in [-0.2, 0) is 30.7 Å². The summed E-state index contributed by atoms with van der Waals surface area (Å²) in [7, 11) is 0. The number of carbonyl (C=O) groups excluding carboxylic acids is 1. The molecule has 12 heteroatoms. The molecule has 2 N–H and O–H groups in total. The van der Waals surface area contributed by atoms with Gasteiger partial charge in [0, 0.05) is 35.6 Å². The molecular weight excluding hydrogens is 492 g/mol. The molecule has 1 atom stereocenters. The highest BCUT2D eigenvalue weighted by Crippen LogP contribution is 2.34. The maximum atomic E-state index is 15.3. The Kier molecular flexibility index (Phi) is 6.20. The van der Waals surface area contributed by atoms with Gasteiger partial charge in [-0.1, -0.05) is 0 Å². The van der Waals surface area contributed by atoms with Gasteiger partial charge in [-0.2, -0.15) is 13.2 Å². The molecule has 1 aliphatic heterocycles. The highest BCUT2D eigenvalue weighted by atomic mass is 19.4. The van der Waals surface area contributed by atoms with E-state index in [1.807, 2.05) is 0 Å². The van der Waals surface area contributed by atoms with Crippen LogP contribution in [0.1, 0.15) is 51.5 Å². The first kappa shape index (κ1) is 24.5. The monoisotopic (exact) mass is 512 g/mol. The fourth-order valence-corrected chi connectivity index (χ4v) is 4.22. The molecule has 0 bridgehead atoms. The van der Waals surface area contributed by atoms with Crippen LogP contribution in [0.4, 0.5) is 23.4 Å². The molecule has 0 radical (unpaired) electrons. The van der Waals surface area contributed by atoms with Crippen molar-refractivity contribution in [2.75, 3.05) is 5.73 Å². The number of halogens is 4. The number of fused-ring (bicyclic) bond motifs is 3. The summed E-state index contributed by atoms with van der Waals surface area (Å²) in [6.07, 6.45) is -0.874. The fourth-order valence-electron chi connectivity index (χ4n) is 4.22. The average Bonchev–Trinajstić information content (AvgIpc) is 3.38. The molecule has 0 spiro atoms. The third kappa shape index (κ3) is 4.67. The molecule has 3 aromatic heterocycles. The van der Waals surface area contributed by atoms with Gasteiger partial charge in [0.05, 0.1) is 48.1 Å². The van der Waals surface area contributed by atoms with E-state index in [4.69, 9.17) is 10.5 Å². The van der Waals surface area contributed by atoms with Crippen molar-refractivity contribution in [1.29, 1.82) is 0 Å². The summed E-state index contributed by atoms with van der Waals surface area (Å²) in [5, 5.41) is 0.530. The molecule has 1 amide bonds. The zero-order valence-corrected chi connectivity index (χ0v) is 19.5. The Morgan fingerprint density at radius 2 is 1.86 bits per heavy atom. The van der Waals surface area contributed by atoms with Crippen LogP contribution in [0, 0.1) is 5.82 Å². The van der Waals surface area contributed by atoms with Crippen LogP contribution < -0.4 is 5.73 Å². The number of amides is 1. The van der Waals surface area contributed by atoms with Crippen molar-refractivity contribution in [2.45, 2.75) is 38.9 Å². The molecule has 0 saturated heterocycles. The predicted octanol–water partition coefficient (Wildman–Crippen LogP) is 4.59. The fraction of sp³-hybridized carbons (Fsp3) is 0.240. The van der Waals surface area contributed by atoms with Gasteiger partial charge >= 0.3 is 6.18 Å². The molecule has 1 aliphatic rings. The lowest BCUT2D eigenvalue weighted by atomic mass is 10.0. The second-order valence-electron chi connectivity index (χ2n) is 8.55. The molecule has 37 heavy (non-hydrogen) atoms. The third-order valence-corrected chi connectivity index (χ3v) is 6.22. The van der Waals surface area contributed by atoms with Gasteiger partial charge in [0.15, 0.2) is 0 Å². The second kappa shape index (κ2) is 9.36. The minimum absolute atomic E-state index is 0.175. The number of nitrogens with zero attached hydrogens (tertiary/aromatic N) is 5. The number of benzene rings is 1. The van der Waals surface area contributed by atoms with Gasteiger partial charge in [0.2, 0.25) is 0 Å². The highest BCUT2D eigenvalue weighted by molar-refractivity contribution is 5.99. The van der Waals surface area contributed by atoms with E-state index in [0.29, 0.717) is 17.1 Å². The summed E-state index contributed by atoms with van der Waals surface area (Å²) in [5.41, 5.74) is 6.69. The number of pyridine rings is 2. The standard InChI is InChI=1S/C25H20F4N6O2/c1-13(23-31-5-2-6-32-23)35(10-15-4-3-14(9-33-15)25(27,28)29)24(36)17-7-16-18-11-37-12-19(18)22(30)34-21(16)8-20(17)26/h2-9,13H,10-12H2,1H3,(H2,30,34)/t13-/m1/s1. The first-order valence-corrected chi connectivity index (χ1v) is 11.2. The molecule has 0 unspecified atom stereocenters. The smallest absolute Gasteiger partial charge is 0.383 e. The van der Waals surface area contributed by atoms with Crippen LogP contribution >= 0.6 is 0 Å². The molecule has 190 valence electrons. The number of aromatic nitrogens is 4. The zero-order valence-electron chi connectivity index (χ0n) is 19.5. The largest absolute Gasteiger partial charge is 0.417 e. The Morgan fingerprint density at radius 1 is 1.14 bits per heavy atom. The normalized spacial score (nSPS) is 14.0. The molecule has 1 aromatic carbocycles. The number of ether oxygens (including phenoxy) is 1.